The highest BCUT2D eigenvalue weighted by Crippen LogP contribution is 2.18. The smallest absolute Gasteiger partial charge is 0.394 e. The van der Waals surface area contributed by atoms with Crippen LogP contribution in [0.5, 0.6) is 0 Å². The van der Waals surface area contributed by atoms with Gasteiger partial charge in [0.1, 0.15) is 18.1 Å². The molecule has 11 N–H and O–H groups in total. The number of hydrogen-bond donors (Lipinski definition) is 10. The maximum Gasteiger partial charge on any atom is 0.394 e. The first kappa shape index (κ1) is 42.3. The Balaban J connectivity index is 2.32. The molecular formula is C34H44N6O12. The van der Waals surface area contributed by atoms with Crippen LogP contribution in [0, 0.1) is 11.8 Å². The lowest BCUT2D eigenvalue weighted by Crippen LogP contribution is -2.60. The van der Waals surface area contributed by atoms with Gasteiger partial charge in [0, 0.05) is 12.2 Å². The quantitative estimate of drug-likeness (QED) is 0.0852. The number of carbonyl (C=O) groups is 8. The molecule has 0 bridgehead atoms. The monoisotopic (exact) mass is 728 g/mol. The fourth-order valence-corrected chi connectivity index (χ4v) is 4.87. The van der Waals surface area contributed by atoms with Gasteiger partial charge in [-0.3, -0.25) is 24.0 Å². The third-order valence-electron chi connectivity index (χ3n) is 7.57. The SMILES string of the molecule is CC(C)C[C@H](NC(=O)[C@@H](NC(=O)[C@@H](N)CNC(=O)C(=O)O)C(C)C)C(=O)N[C@@H](Cc1ccccc1)[C@@H](O)C(=O)Nc1cc(C(=O)O)cc(C(=O)O)c1. The summed E-state index contributed by atoms with van der Waals surface area (Å²) in [5.41, 5.74) is 5.26. The lowest BCUT2D eigenvalue weighted by Gasteiger charge is -2.29. The largest absolute Gasteiger partial charge is 0.478 e. The van der Waals surface area contributed by atoms with E-state index in [1.54, 1.807) is 58.0 Å². The summed E-state index contributed by atoms with van der Waals surface area (Å²) in [6, 6.07) is 6.17. The highest BCUT2D eigenvalue weighted by molar-refractivity contribution is 6.31. The highest BCUT2D eigenvalue weighted by atomic mass is 16.4. The number of rotatable bonds is 18. The summed E-state index contributed by atoms with van der Waals surface area (Å²) >= 11 is 0. The Morgan fingerprint density at radius 2 is 1.31 bits per heavy atom. The van der Waals surface area contributed by atoms with Crippen molar-refractivity contribution in [2.24, 2.45) is 17.6 Å². The molecule has 0 saturated heterocycles. The third-order valence-corrected chi connectivity index (χ3v) is 7.57. The standard InChI is InChI=1S/C34H44N6O12/c1-16(2)10-24(39-29(44)25(17(3)4)40-27(42)22(35)15-36-31(46)34(51)52)28(43)38-23(11-18-8-6-5-7-9-18)26(41)30(45)37-21-13-19(32(47)48)12-20(14-21)33(49)50/h5-9,12-14,16-17,22-26,41H,10-11,15,35H2,1-4H3,(H,36,46)(H,37,45)(H,38,43)(H,39,44)(H,40,42)(H,47,48)(H,49,50)(H,51,52)/t22-,23-,24-,25-,26+/m0/s1. The number of nitrogens with one attached hydrogen (secondary N) is 5. The van der Waals surface area contributed by atoms with Gasteiger partial charge < -0.3 is 52.7 Å². The molecule has 0 aliphatic carbocycles. The molecule has 2 aromatic rings. The number of anilines is 1. The normalized spacial score (nSPS) is 13.8. The number of aliphatic carboxylic acids is 1. The molecule has 0 aromatic heterocycles. The number of nitrogens with two attached hydrogens (primary N) is 1. The van der Waals surface area contributed by atoms with Gasteiger partial charge in [-0.25, -0.2) is 14.4 Å². The first-order valence-corrected chi connectivity index (χ1v) is 16.1. The van der Waals surface area contributed by atoms with Crippen molar-refractivity contribution in [3.63, 3.8) is 0 Å². The highest BCUT2D eigenvalue weighted by Gasteiger charge is 2.34. The van der Waals surface area contributed by atoms with Crippen molar-refractivity contribution in [3.8, 4) is 0 Å². The minimum Gasteiger partial charge on any atom is -0.478 e. The van der Waals surface area contributed by atoms with Gasteiger partial charge in [0.2, 0.25) is 17.7 Å². The molecule has 0 aliphatic rings. The van der Waals surface area contributed by atoms with Crippen molar-refractivity contribution >= 4 is 53.1 Å². The van der Waals surface area contributed by atoms with Gasteiger partial charge in [-0.05, 0) is 48.4 Å². The van der Waals surface area contributed by atoms with Crippen LogP contribution in [0.15, 0.2) is 48.5 Å². The molecule has 0 radical (unpaired) electrons. The van der Waals surface area contributed by atoms with Crippen LogP contribution in [-0.4, -0.2) is 105 Å². The van der Waals surface area contributed by atoms with Crippen LogP contribution in [0.4, 0.5) is 5.69 Å². The molecule has 5 amide bonds. The van der Waals surface area contributed by atoms with Crippen LogP contribution < -0.4 is 32.3 Å². The molecule has 0 saturated carbocycles. The van der Waals surface area contributed by atoms with Crippen LogP contribution in [-0.2, 0) is 35.2 Å². The Kier molecular flexibility index (Phi) is 15.9. The third kappa shape index (κ3) is 13.1. The number of aromatic carboxylic acids is 2. The van der Waals surface area contributed by atoms with Crippen LogP contribution in [0.1, 0.15) is 60.4 Å². The predicted octanol–water partition coefficient (Wildman–Crippen LogP) is -0.690. The number of carbonyl (C=O) groups excluding carboxylic acids is 5. The predicted molar refractivity (Wildman–Crippen MR) is 184 cm³/mol. The Hall–Kier alpha value is -5.88. The van der Waals surface area contributed by atoms with E-state index in [0.717, 1.165) is 18.2 Å². The molecule has 2 aromatic carbocycles. The van der Waals surface area contributed by atoms with Gasteiger partial charge in [0.15, 0.2) is 6.10 Å². The molecule has 0 aliphatic heterocycles. The van der Waals surface area contributed by atoms with E-state index in [2.05, 4.69) is 21.3 Å². The van der Waals surface area contributed by atoms with Crippen LogP contribution >= 0.6 is 0 Å². The van der Waals surface area contributed by atoms with Gasteiger partial charge in [0.05, 0.1) is 17.2 Å². The zero-order valence-electron chi connectivity index (χ0n) is 28.9. The Bertz CT molecular complexity index is 1620. The maximum absolute atomic E-state index is 13.8. The van der Waals surface area contributed by atoms with E-state index in [-0.39, 0.29) is 24.4 Å². The second-order valence-corrected chi connectivity index (χ2v) is 12.7. The average Bonchev–Trinajstić information content (AvgIpc) is 3.07. The summed E-state index contributed by atoms with van der Waals surface area (Å²) < 4.78 is 0. The van der Waals surface area contributed by atoms with Crippen molar-refractivity contribution in [1.82, 2.24) is 21.3 Å². The molecule has 5 atom stereocenters. The topological polar surface area (TPSA) is 304 Å². The summed E-state index contributed by atoms with van der Waals surface area (Å²) in [6.07, 6.45) is -1.97. The van der Waals surface area contributed by atoms with E-state index in [1.165, 1.54) is 0 Å². The zero-order valence-corrected chi connectivity index (χ0v) is 28.9. The zero-order chi connectivity index (χ0) is 39.3. The van der Waals surface area contributed by atoms with Crippen molar-refractivity contribution in [2.75, 3.05) is 11.9 Å². The number of aliphatic hydroxyl groups is 1. The van der Waals surface area contributed by atoms with E-state index in [9.17, 15) is 53.7 Å². The number of carboxylic acid groups (broad SMARTS) is 3. The molecule has 282 valence electrons. The van der Waals surface area contributed by atoms with Gasteiger partial charge in [-0.1, -0.05) is 58.0 Å². The molecule has 0 spiro atoms. The van der Waals surface area contributed by atoms with Crippen LogP contribution in [0.3, 0.4) is 0 Å². The molecule has 52 heavy (non-hydrogen) atoms. The molecular weight excluding hydrogens is 684 g/mol. The first-order chi connectivity index (χ1) is 24.3. The Morgan fingerprint density at radius 3 is 1.81 bits per heavy atom. The summed E-state index contributed by atoms with van der Waals surface area (Å²) in [5.74, 6) is -10.3. The summed E-state index contributed by atoms with van der Waals surface area (Å²) in [7, 11) is 0. The van der Waals surface area contributed by atoms with Gasteiger partial charge >= 0.3 is 23.8 Å². The fourth-order valence-electron chi connectivity index (χ4n) is 4.87. The van der Waals surface area contributed by atoms with Crippen LogP contribution in [0.2, 0.25) is 0 Å². The number of benzene rings is 2. The molecule has 0 heterocycles. The van der Waals surface area contributed by atoms with E-state index in [1.807, 2.05) is 5.32 Å². The minimum atomic E-state index is -1.97. The number of aliphatic hydroxyl groups excluding tert-OH is 1. The number of hydrogen-bond acceptors (Lipinski definition) is 10. The Morgan fingerprint density at radius 1 is 0.731 bits per heavy atom. The minimum absolute atomic E-state index is 0.0807. The van der Waals surface area contributed by atoms with E-state index < -0.39 is 101 Å². The average molecular weight is 729 g/mol. The molecule has 0 unspecified atom stereocenters. The lowest BCUT2D eigenvalue weighted by molar-refractivity contribution is -0.150. The number of amides is 5. The molecule has 18 nitrogen and oxygen atoms in total. The summed E-state index contributed by atoms with van der Waals surface area (Å²) in [4.78, 5) is 98.4. The first-order valence-electron chi connectivity index (χ1n) is 16.1. The maximum atomic E-state index is 13.8. The van der Waals surface area contributed by atoms with Crippen molar-refractivity contribution in [3.05, 3.63) is 65.2 Å². The van der Waals surface area contributed by atoms with E-state index >= 15 is 0 Å². The molecule has 0 fully saturated rings. The van der Waals surface area contributed by atoms with E-state index in [0.29, 0.717) is 5.56 Å². The second kappa shape index (κ2) is 19.5. The van der Waals surface area contributed by atoms with Gasteiger partial charge in [-0.15, -0.1) is 0 Å². The summed E-state index contributed by atoms with van der Waals surface area (Å²) in [6.45, 7) is 6.23. The Labute approximate surface area is 298 Å². The second-order valence-electron chi connectivity index (χ2n) is 12.7. The van der Waals surface area contributed by atoms with Crippen LogP contribution in [0.25, 0.3) is 0 Å². The fraction of sp³-hybridized carbons (Fsp3) is 0.412. The molecule has 18 heteroatoms. The van der Waals surface area contributed by atoms with E-state index in [4.69, 9.17) is 10.8 Å². The van der Waals surface area contributed by atoms with Crippen molar-refractivity contribution < 1.29 is 58.8 Å². The molecule has 2 rings (SSSR count). The van der Waals surface area contributed by atoms with Gasteiger partial charge in [0.25, 0.3) is 5.91 Å². The lowest BCUT2D eigenvalue weighted by atomic mass is 9.97. The van der Waals surface area contributed by atoms with Crippen molar-refractivity contribution in [1.29, 1.82) is 0 Å². The summed E-state index contributed by atoms with van der Waals surface area (Å²) in [5, 5.41) is 50.6. The number of carboxylic acids is 3. The van der Waals surface area contributed by atoms with Gasteiger partial charge in [-0.2, -0.15) is 0 Å². The van der Waals surface area contributed by atoms with Crippen molar-refractivity contribution in [2.45, 2.75) is 70.8 Å².